The van der Waals surface area contributed by atoms with Gasteiger partial charge in [-0.25, -0.2) is 0 Å². The minimum absolute atomic E-state index is 0.145. The average Bonchev–Trinajstić information content (AvgIpc) is 3.00. The predicted molar refractivity (Wildman–Crippen MR) is 97.9 cm³/mol. The van der Waals surface area contributed by atoms with Crippen LogP contribution in [0.1, 0.15) is 23.7 Å². The quantitative estimate of drug-likeness (QED) is 0.409. The number of hydrogen-bond acceptors (Lipinski definition) is 7. The van der Waals surface area contributed by atoms with Crippen molar-refractivity contribution in [3.8, 4) is 0 Å². The van der Waals surface area contributed by atoms with Crippen LogP contribution in [0.15, 0.2) is 33.5 Å². The second-order valence-electron chi connectivity index (χ2n) is 4.51. The molecule has 0 fully saturated rings. The van der Waals surface area contributed by atoms with Crippen LogP contribution in [0.4, 0.5) is 5.13 Å². The molecule has 0 spiro atoms. The molecule has 1 amide bonds. The molecule has 8 heteroatoms. The fraction of sp³-hybridized carbons (Fsp3) is 0.400. The van der Waals surface area contributed by atoms with Crippen LogP contribution in [0.5, 0.6) is 0 Å². The Morgan fingerprint density at radius 2 is 2.09 bits per heavy atom. The topological polar surface area (TPSA) is 64.1 Å². The summed E-state index contributed by atoms with van der Waals surface area (Å²) in [5, 5.41) is 11.4. The van der Waals surface area contributed by atoms with Crippen LogP contribution in [-0.4, -0.2) is 41.3 Å². The van der Waals surface area contributed by atoms with Gasteiger partial charge in [0.25, 0.3) is 5.91 Å². The highest BCUT2D eigenvalue weighted by molar-refractivity contribution is 8.01. The first-order valence-corrected chi connectivity index (χ1v) is 10.0. The predicted octanol–water partition coefficient (Wildman–Crippen LogP) is 4.03. The van der Waals surface area contributed by atoms with Crippen molar-refractivity contribution in [2.24, 2.45) is 0 Å². The number of nitrogens with one attached hydrogen (secondary N) is 1. The van der Waals surface area contributed by atoms with Gasteiger partial charge in [-0.3, -0.25) is 10.1 Å². The number of ether oxygens (including phenoxy) is 1. The van der Waals surface area contributed by atoms with E-state index in [9.17, 15) is 4.79 Å². The van der Waals surface area contributed by atoms with Crippen molar-refractivity contribution < 1.29 is 9.53 Å². The van der Waals surface area contributed by atoms with Gasteiger partial charge >= 0.3 is 0 Å². The van der Waals surface area contributed by atoms with Crippen LogP contribution in [0, 0.1) is 0 Å². The molecule has 124 valence electrons. The Bertz CT molecular complexity index is 634. The maximum absolute atomic E-state index is 12.5. The van der Waals surface area contributed by atoms with E-state index in [1.807, 2.05) is 24.3 Å². The number of thioether (sulfide) groups is 2. The Morgan fingerprint density at radius 3 is 2.87 bits per heavy atom. The molecule has 23 heavy (non-hydrogen) atoms. The van der Waals surface area contributed by atoms with Crippen molar-refractivity contribution in [3.05, 3.63) is 29.8 Å². The lowest BCUT2D eigenvalue weighted by molar-refractivity contribution is 0.102. The van der Waals surface area contributed by atoms with Crippen LogP contribution >= 0.6 is 34.9 Å². The third-order valence-corrected chi connectivity index (χ3v) is 5.95. The fourth-order valence-corrected chi connectivity index (χ4v) is 4.32. The molecule has 0 radical (unpaired) electrons. The van der Waals surface area contributed by atoms with Crippen molar-refractivity contribution >= 4 is 45.9 Å². The molecule has 1 heterocycles. The van der Waals surface area contributed by atoms with Gasteiger partial charge in [0.1, 0.15) is 0 Å². The molecule has 0 aliphatic carbocycles. The minimum Gasteiger partial charge on any atom is -0.384 e. The van der Waals surface area contributed by atoms with Gasteiger partial charge in [0.05, 0.1) is 12.2 Å². The third-order valence-electron chi connectivity index (χ3n) is 2.73. The summed E-state index contributed by atoms with van der Waals surface area (Å²) in [4.78, 5) is 13.4. The van der Waals surface area contributed by atoms with Crippen LogP contribution in [0.2, 0.25) is 0 Å². The van der Waals surface area contributed by atoms with E-state index >= 15 is 0 Å². The summed E-state index contributed by atoms with van der Waals surface area (Å²) in [5.41, 5.74) is 0.676. The van der Waals surface area contributed by atoms with Crippen molar-refractivity contribution in [1.82, 2.24) is 10.2 Å². The third kappa shape index (κ3) is 5.80. The Morgan fingerprint density at radius 1 is 1.26 bits per heavy atom. The number of rotatable bonds is 9. The van der Waals surface area contributed by atoms with Gasteiger partial charge < -0.3 is 4.74 Å². The van der Waals surface area contributed by atoms with E-state index in [2.05, 4.69) is 22.4 Å². The van der Waals surface area contributed by atoms with Crippen LogP contribution in [0.25, 0.3) is 0 Å². The molecular weight excluding hydrogens is 350 g/mol. The van der Waals surface area contributed by atoms with Crippen molar-refractivity contribution in [2.45, 2.75) is 22.6 Å². The van der Waals surface area contributed by atoms with E-state index < -0.39 is 0 Å². The molecule has 0 bridgehead atoms. The largest absolute Gasteiger partial charge is 0.384 e. The highest BCUT2D eigenvalue weighted by atomic mass is 32.2. The van der Waals surface area contributed by atoms with Crippen LogP contribution in [0.3, 0.4) is 0 Å². The maximum Gasteiger partial charge on any atom is 0.258 e. The number of nitrogens with zero attached hydrogens (tertiary/aromatic N) is 2. The highest BCUT2D eigenvalue weighted by Gasteiger charge is 2.14. The SMILES string of the molecule is CCCSc1ccccc1C(=O)Nc1nnc(SCCOC)s1. The summed E-state index contributed by atoms with van der Waals surface area (Å²) in [6.45, 7) is 2.79. The normalized spacial score (nSPS) is 10.7. The van der Waals surface area contributed by atoms with E-state index in [-0.39, 0.29) is 5.91 Å². The zero-order valence-electron chi connectivity index (χ0n) is 13.1. The Labute approximate surface area is 148 Å². The van der Waals surface area contributed by atoms with Crippen LogP contribution in [-0.2, 0) is 4.74 Å². The lowest BCUT2D eigenvalue weighted by atomic mass is 10.2. The van der Waals surface area contributed by atoms with E-state index in [0.29, 0.717) is 17.3 Å². The van der Waals surface area contributed by atoms with E-state index in [4.69, 9.17) is 4.74 Å². The molecule has 0 unspecified atom stereocenters. The number of carbonyl (C=O) groups is 1. The van der Waals surface area contributed by atoms with E-state index in [1.54, 1.807) is 30.6 Å². The second kappa shape index (κ2) is 9.92. The fourth-order valence-electron chi connectivity index (χ4n) is 1.69. The number of amides is 1. The van der Waals surface area contributed by atoms with Crippen molar-refractivity contribution in [3.63, 3.8) is 0 Å². The van der Waals surface area contributed by atoms with Crippen molar-refractivity contribution in [2.75, 3.05) is 30.5 Å². The Kier molecular flexibility index (Phi) is 7.87. The number of aromatic nitrogens is 2. The molecule has 2 rings (SSSR count). The van der Waals surface area contributed by atoms with Gasteiger partial charge in [-0.2, -0.15) is 0 Å². The second-order valence-corrected chi connectivity index (χ2v) is 7.97. The van der Waals surface area contributed by atoms with Gasteiger partial charge in [0.15, 0.2) is 4.34 Å². The number of anilines is 1. The summed E-state index contributed by atoms with van der Waals surface area (Å²) in [6.07, 6.45) is 1.07. The summed E-state index contributed by atoms with van der Waals surface area (Å²) in [5.74, 6) is 1.66. The van der Waals surface area contributed by atoms with Crippen LogP contribution < -0.4 is 5.32 Å². The van der Waals surface area contributed by atoms with E-state index in [0.717, 1.165) is 27.2 Å². The molecule has 1 N–H and O–H groups in total. The lowest BCUT2D eigenvalue weighted by Gasteiger charge is -2.07. The Hall–Kier alpha value is -1.09. The monoisotopic (exact) mass is 369 g/mol. The number of carbonyl (C=O) groups excluding carboxylic acids is 1. The van der Waals surface area contributed by atoms with Gasteiger partial charge in [0.2, 0.25) is 5.13 Å². The zero-order valence-corrected chi connectivity index (χ0v) is 15.5. The molecule has 0 saturated carbocycles. The average molecular weight is 370 g/mol. The van der Waals surface area contributed by atoms with Gasteiger partial charge in [-0.05, 0) is 24.3 Å². The first kappa shape index (κ1) is 18.3. The molecule has 0 aliphatic heterocycles. The zero-order chi connectivity index (χ0) is 16.5. The number of benzene rings is 1. The summed E-state index contributed by atoms with van der Waals surface area (Å²) in [6, 6.07) is 7.63. The van der Waals surface area contributed by atoms with Gasteiger partial charge in [-0.15, -0.1) is 22.0 Å². The standard InChI is InChI=1S/C15H19N3O2S3/c1-3-9-21-12-7-5-4-6-11(12)13(19)16-14-17-18-15(23-14)22-10-8-20-2/h4-7H,3,8-10H2,1-2H3,(H,16,17,19). The maximum atomic E-state index is 12.5. The van der Waals surface area contributed by atoms with Gasteiger partial charge in [-0.1, -0.05) is 42.2 Å². The van der Waals surface area contributed by atoms with Gasteiger partial charge in [0, 0.05) is 17.8 Å². The molecule has 1 aromatic carbocycles. The molecule has 0 aliphatic rings. The number of hydrogen-bond donors (Lipinski definition) is 1. The minimum atomic E-state index is -0.145. The summed E-state index contributed by atoms with van der Waals surface area (Å²) in [7, 11) is 1.67. The molecule has 2 aromatic rings. The molecule has 0 saturated heterocycles. The van der Waals surface area contributed by atoms with Crippen molar-refractivity contribution in [1.29, 1.82) is 0 Å². The van der Waals surface area contributed by atoms with E-state index in [1.165, 1.54) is 11.3 Å². The first-order chi connectivity index (χ1) is 11.2. The number of methoxy groups -OCH3 is 1. The molecular formula is C15H19N3O2S3. The lowest BCUT2D eigenvalue weighted by Crippen LogP contribution is -2.12. The Balaban J connectivity index is 1.99. The smallest absolute Gasteiger partial charge is 0.258 e. The molecule has 0 atom stereocenters. The first-order valence-electron chi connectivity index (χ1n) is 7.23. The summed E-state index contributed by atoms with van der Waals surface area (Å²) >= 11 is 4.64. The highest BCUT2D eigenvalue weighted by Crippen LogP contribution is 2.27. The molecule has 1 aromatic heterocycles. The summed E-state index contributed by atoms with van der Waals surface area (Å²) < 4.78 is 5.83. The molecule has 5 nitrogen and oxygen atoms in total.